The first-order valence-corrected chi connectivity index (χ1v) is 6.08. The van der Waals surface area contributed by atoms with Gasteiger partial charge in [-0.2, -0.15) is 0 Å². The molecular formula is C15H18O2. The van der Waals surface area contributed by atoms with E-state index in [-0.39, 0.29) is 18.0 Å². The van der Waals surface area contributed by atoms with Gasteiger partial charge in [-0.25, -0.2) is 0 Å². The third-order valence-electron chi connectivity index (χ3n) is 3.31. The first-order valence-electron chi connectivity index (χ1n) is 6.08. The highest BCUT2D eigenvalue weighted by Gasteiger charge is 2.36. The molecule has 0 radical (unpaired) electrons. The Morgan fingerprint density at radius 3 is 2.76 bits per heavy atom. The molecule has 0 spiro atoms. The minimum atomic E-state index is -0.134. The van der Waals surface area contributed by atoms with Gasteiger partial charge >= 0.3 is 5.97 Å². The van der Waals surface area contributed by atoms with Crippen LogP contribution >= 0.6 is 0 Å². The zero-order chi connectivity index (χ0) is 12.3. The van der Waals surface area contributed by atoms with Crippen molar-refractivity contribution in [3.63, 3.8) is 0 Å². The van der Waals surface area contributed by atoms with E-state index in [1.807, 2.05) is 43.3 Å². The fourth-order valence-corrected chi connectivity index (χ4v) is 2.59. The molecule has 1 aromatic carbocycles. The lowest BCUT2D eigenvalue weighted by molar-refractivity contribution is -0.158. The van der Waals surface area contributed by atoms with Crippen LogP contribution in [0.15, 0.2) is 43.0 Å². The number of hydrogen-bond donors (Lipinski definition) is 0. The van der Waals surface area contributed by atoms with Crippen LogP contribution in [0.2, 0.25) is 0 Å². The monoisotopic (exact) mass is 230 g/mol. The van der Waals surface area contributed by atoms with Crippen molar-refractivity contribution in [2.45, 2.75) is 31.8 Å². The van der Waals surface area contributed by atoms with E-state index in [4.69, 9.17) is 4.74 Å². The second kappa shape index (κ2) is 5.17. The Hall–Kier alpha value is -1.57. The molecule has 1 saturated heterocycles. The number of ether oxygens (including phenoxy) is 1. The molecule has 1 heterocycles. The molecule has 1 aliphatic rings. The van der Waals surface area contributed by atoms with Gasteiger partial charge in [-0.3, -0.25) is 4.79 Å². The Labute approximate surface area is 102 Å². The lowest BCUT2D eigenvalue weighted by Gasteiger charge is -2.33. The van der Waals surface area contributed by atoms with Crippen LogP contribution in [0.1, 0.15) is 31.2 Å². The zero-order valence-corrected chi connectivity index (χ0v) is 10.1. The Kier molecular flexibility index (Phi) is 3.62. The topological polar surface area (TPSA) is 26.3 Å². The number of carbonyl (C=O) groups excluding carboxylic acids is 1. The van der Waals surface area contributed by atoms with E-state index in [1.54, 1.807) is 0 Å². The van der Waals surface area contributed by atoms with E-state index in [9.17, 15) is 4.79 Å². The van der Waals surface area contributed by atoms with Crippen LogP contribution in [0.5, 0.6) is 0 Å². The van der Waals surface area contributed by atoms with E-state index in [0.29, 0.717) is 5.92 Å². The van der Waals surface area contributed by atoms with Gasteiger partial charge in [0.1, 0.15) is 0 Å². The number of benzene rings is 1. The van der Waals surface area contributed by atoms with Crippen LogP contribution in [-0.2, 0) is 9.53 Å². The van der Waals surface area contributed by atoms with Crippen molar-refractivity contribution < 1.29 is 9.53 Å². The molecule has 0 amide bonds. The summed E-state index contributed by atoms with van der Waals surface area (Å²) in [6.45, 7) is 5.73. The molecule has 0 aromatic heterocycles. The highest BCUT2D eigenvalue weighted by atomic mass is 16.5. The van der Waals surface area contributed by atoms with Gasteiger partial charge in [-0.05, 0) is 31.2 Å². The minimum absolute atomic E-state index is 0.0208. The first kappa shape index (κ1) is 11.9. The lowest BCUT2D eigenvalue weighted by Crippen LogP contribution is -2.35. The van der Waals surface area contributed by atoms with Gasteiger partial charge in [0.2, 0.25) is 0 Å². The summed E-state index contributed by atoms with van der Waals surface area (Å²) in [6.07, 6.45) is 3.69. The first-order chi connectivity index (χ1) is 8.22. The van der Waals surface area contributed by atoms with Gasteiger partial charge in [0.05, 0.1) is 12.0 Å². The minimum Gasteiger partial charge on any atom is -0.462 e. The number of cyclic esters (lactones) is 1. The zero-order valence-electron chi connectivity index (χ0n) is 10.1. The molecule has 2 nitrogen and oxygen atoms in total. The van der Waals surface area contributed by atoms with E-state index < -0.39 is 0 Å². The molecule has 0 aliphatic carbocycles. The summed E-state index contributed by atoms with van der Waals surface area (Å²) in [5.74, 6) is 0.0818. The number of rotatable bonds is 3. The van der Waals surface area contributed by atoms with Crippen molar-refractivity contribution >= 4 is 5.97 Å². The average molecular weight is 230 g/mol. The maximum Gasteiger partial charge on any atom is 0.313 e. The smallest absolute Gasteiger partial charge is 0.313 e. The Bertz CT molecular complexity index is 397. The maximum absolute atomic E-state index is 12.0. The normalized spacial score (nSPS) is 28.5. The van der Waals surface area contributed by atoms with Crippen LogP contribution in [0.3, 0.4) is 0 Å². The fraction of sp³-hybridized carbons (Fsp3) is 0.400. The molecular weight excluding hydrogens is 212 g/mol. The SMILES string of the molecule is C=CC[C@H]1C[C@H](C)OC(=O)[C@@H]1c1ccccc1. The molecule has 3 atom stereocenters. The van der Waals surface area contributed by atoms with Crippen molar-refractivity contribution in [1.82, 2.24) is 0 Å². The van der Waals surface area contributed by atoms with Gasteiger partial charge in [0.15, 0.2) is 0 Å². The Balaban J connectivity index is 2.27. The summed E-state index contributed by atoms with van der Waals surface area (Å²) >= 11 is 0. The van der Waals surface area contributed by atoms with Crippen molar-refractivity contribution in [2.24, 2.45) is 5.92 Å². The third kappa shape index (κ3) is 2.57. The van der Waals surface area contributed by atoms with Crippen LogP contribution < -0.4 is 0 Å². The van der Waals surface area contributed by atoms with E-state index >= 15 is 0 Å². The molecule has 17 heavy (non-hydrogen) atoms. The van der Waals surface area contributed by atoms with Crippen molar-refractivity contribution in [2.75, 3.05) is 0 Å². The molecule has 0 unspecified atom stereocenters. The number of allylic oxidation sites excluding steroid dienone is 1. The van der Waals surface area contributed by atoms with Gasteiger partial charge in [-0.15, -0.1) is 6.58 Å². The molecule has 0 N–H and O–H groups in total. The molecule has 1 aliphatic heterocycles. The summed E-state index contributed by atoms with van der Waals surface area (Å²) in [5.41, 5.74) is 1.05. The predicted molar refractivity (Wildman–Crippen MR) is 67.7 cm³/mol. The van der Waals surface area contributed by atoms with E-state index in [2.05, 4.69) is 6.58 Å². The molecule has 1 aromatic rings. The number of esters is 1. The molecule has 1 fully saturated rings. The second-order valence-electron chi connectivity index (χ2n) is 4.66. The molecule has 2 heteroatoms. The second-order valence-corrected chi connectivity index (χ2v) is 4.66. The van der Waals surface area contributed by atoms with Crippen LogP contribution in [0.4, 0.5) is 0 Å². The maximum atomic E-state index is 12.0. The van der Waals surface area contributed by atoms with Crippen LogP contribution in [0.25, 0.3) is 0 Å². The number of hydrogen-bond acceptors (Lipinski definition) is 2. The van der Waals surface area contributed by atoms with Gasteiger partial charge < -0.3 is 4.74 Å². The largest absolute Gasteiger partial charge is 0.462 e. The Morgan fingerprint density at radius 2 is 2.12 bits per heavy atom. The number of carbonyl (C=O) groups is 1. The summed E-state index contributed by atoms with van der Waals surface area (Å²) < 4.78 is 5.36. The van der Waals surface area contributed by atoms with E-state index in [0.717, 1.165) is 18.4 Å². The van der Waals surface area contributed by atoms with Crippen molar-refractivity contribution in [1.29, 1.82) is 0 Å². The summed E-state index contributed by atoms with van der Waals surface area (Å²) in [4.78, 5) is 12.0. The molecule has 0 saturated carbocycles. The van der Waals surface area contributed by atoms with Crippen LogP contribution in [-0.4, -0.2) is 12.1 Å². The standard InChI is InChI=1S/C15H18O2/c1-3-7-13-10-11(2)17-15(16)14(13)12-8-5-4-6-9-12/h3-6,8-9,11,13-14H,1,7,10H2,2H3/t11-,13-,14+/m0/s1. The Morgan fingerprint density at radius 1 is 1.41 bits per heavy atom. The van der Waals surface area contributed by atoms with Gasteiger partial charge in [0, 0.05) is 0 Å². The average Bonchev–Trinajstić information content (AvgIpc) is 2.30. The predicted octanol–water partition coefficient (Wildman–Crippen LogP) is 3.30. The summed E-state index contributed by atoms with van der Waals surface area (Å²) in [6, 6.07) is 9.88. The van der Waals surface area contributed by atoms with Crippen molar-refractivity contribution in [3.8, 4) is 0 Å². The highest BCUT2D eigenvalue weighted by Crippen LogP contribution is 2.36. The van der Waals surface area contributed by atoms with E-state index in [1.165, 1.54) is 0 Å². The van der Waals surface area contributed by atoms with Crippen LogP contribution in [0, 0.1) is 5.92 Å². The van der Waals surface area contributed by atoms with Crippen molar-refractivity contribution in [3.05, 3.63) is 48.6 Å². The highest BCUT2D eigenvalue weighted by molar-refractivity contribution is 5.79. The third-order valence-corrected chi connectivity index (χ3v) is 3.31. The fourth-order valence-electron chi connectivity index (χ4n) is 2.59. The molecule has 0 bridgehead atoms. The van der Waals surface area contributed by atoms with Gasteiger partial charge in [0.25, 0.3) is 0 Å². The van der Waals surface area contributed by atoms with Gasteiger partial charge in [-0.1, -0.05) is 36.4 Å². The lowest BCUT2D eigenvalue weighted by atomic mass is 9.79. The molecule has 2 rings (SSSR count). The summed E-state index contributed by atoms with van der Waals surface area (Å²) in [5, 5.41) is 0. The summed E-state index contributed by atoms with van der Waals surface area (Å²) in [7, 11) is 0. The molecule has 90 valence electrons. The quantitative estimate of drug-likeness (QED) is 0.588.